The highest BCUT2D eigenvalue weighted by atomic mass is 35.5. The van der Waals surface area contributed by atoms with Crippen LogP contribution in [0.1, 0.15) is 16.8 Å². The second kappa shape index (κ2) is 9.80. The topological polar surface area (TPSA) is 85.4 Å². The van der Waals surface area contributed by atoms with Gasteiger partial charge in [0.25, 0.3) is 5.91 Å². The van der Waals surface area contributed by atoms with Gasteiger partial charge in [-0.05, 0) is 24.3 Å². The maximum absolute atomic E-state index is 11.7. The van der Waals surface area contributed by atoms with Gasteiger partial charge in [0.05, 0.1) is 5.56 Å². The number of benzene rings is 1. The predicted molar refractivity (Wildman–Crippen MR) is 94.5 cm³/mol. The van der Waals surface area contributed by atoms with E-state index in [1.807, 2.05) is 30.3 Å². The van der Waals surface area contributed by atoms with Crippen molar-refractivity contribution < 1.29 is 19.1 Å². The Hall–Kier alpha value is -2.38. The fourth-order valence-electron chi connectivity index (χ4n) is 1.74. The fourth-order valence-corrected chi connectivity index (χ4v) is 2.73. The van der Waals surface area contributed by atoms with Crippen LogP contribution in [0.2, 0.25) is 5.15 Å². The Morgan fingerprint density at radius 3 is 2.52 bits per heavy atom. The first-order valence-electron chi connectivity index (χ1n) is 7.34. The highest BCUT2D eigenvalue weighted by Gasteiger charge is 2.13. The summed E-state index contributed by atoms with van der Waals surface area (Å²) in [5.74, 6) is -1.27. The molecule has 2 amide bonds. The number of ether oxygens (including phenoxy) is 1. The first-order chi connectivity index (χ1) is 12.0. The summed E-state index contributed by atoms with van der Waals surface area (Å²) in [6, 6.07) is 12.5. The molecular weight excluding hydrogens is 364 g/mol. The van der Waals surface area contributed by atoms with Gasteiger partial charge in [0.2, 0.25) is 5.91 Å². The molecule has 1 aromatic heterocycles. The number of hydrogen-bond acceptors (Lipinski definition) is 6. The summed E-state index contributed by atoms with van der Waals surface area (Å²) in [6.07, 6.45) is 1.43. The molecule has 0 spiro atoms. The minimum atomic E-state index is -0.716. The SMILES string of the molecule is O=C(CCSc1ccccc1)NC(=O)COC(=O)c1ccc(Cl)nc1. The molecule has 2 rings (SSSR count). The van der Waals surface area contributed by atoms with Crippen molar-refractivity contribution in [1.29, 1.82) is 0 Å². The quantitative estimate of drug-likeness (QED) is 0.453. The van der Waals surface area contributed by atoms with Crippen molar-refractivity contribution in [2.24, 2.45) is 0 Å². The van der Waals surface area contributed by atoms with Gasteiger partial charge in [0.1, 0.15) is 5.15 Å². The Labute approximate surface area is 153 Å². The maximum Gasteiger partial charge on any atom is 0.340 e. The van der Waals surface area contributed by atoms with Crippen LogP contribution < -0.4 is 5.32 Å². The zero-order chi connectivity index (χ0) is 18.1. The van der Waals surface area contributed by atoms with Crippen molar-refractivity contribution in [3.05, 3.63) is 59.4 Å². The molecule has 8 heteroatoms. The second-order valence-corrected chi connectivity index (χ2v) is 6.38. The Morgan fingerprint density at radius 1 is 1.08 bits per heavy atom. The van der Waals surface area contributed by atoms with Crippen molar-refractivity contribution in [3.63, 3.8) is 0 Å². The van der Waals surface area contributed by atoms with Gasteiger partial charge in [-0.25, -0.2) is 9.78 Å². The standard InChI is InChI=1S/C17H15ClN2O4S/c18-14-7-6-12(10-19-14)17(23)24-11-16(22)20-15(21)8-9-25-13-4-2-1-3-5-13/h1-7,10H,8-9,11H2,(H,20,21,22). The van der Waals surface area contributed by atoms with Crippen LogP contribution in [0.3, 0.4) is 0 Å². The van der Waals surface area contributed by atoms with E-state index in [1.54, 1.807) is 0 Å². The van der Waals surface area contributed by atoms with E-state index in [0.29, 0.717) is 5.75 Å². The number of esters is 1. The number of imide groups is 1. The van der Waals surface area contributed by atoms with Crippen molar-refractivity contribution in [3.8, 4) is 0 Å². The molecule has 0 aliphatic carbocycles. The van der Waals surface area contributed by atoms with Crippen LogP contribution in [0, 0.1) is 0 Å². The van der Waals surface area contributed by atoms with Crippen molar-refractivity contribution >= 4 is 41.1 Å². The Bertz CT molecular complexity index is 738. The number of nitrogens with zero attached hydrogens (tertiary/aromatic N) is 1. The van der Waals surface area contributed by atoms with Crippen molar-refractivity contribution in [2.45, 2.75) is 11.3 Å². The molecule has 0 fully saturated rings. The molecule has 130 valence electrons. The predicted octanol–water partition coefficient (Wildman–Crippen LogP) is 2.72. The lowest BCUT2D eigenvalue weighted by atomic mass is 10.3. The molecule has 0 radical (unpaired) electrons. The fraction of sp³-hybridized carbons (Fsp3) is 0.176. The molecule has 0 aliphatic heterocycles. The lowest BCUT2D eigenvalue weighted by Gasteiger charge is -2.06. The van der Waals surface area contributed by atoms with Crippen LogP contribution in [0.15, 0.2) is 53.6 Å². The number of hydrogen-bond donors (Lipinski definition) is 1. The third-order valence-corrected chi connectivity index (χ3v) is 4.15. The summed E-state index contributed by atoms with van der Waals surface area (Å²) in [6.45, 7) is -0.543. The Kier molecular flexibility index (Phi) is 7.43. The summed E-state index contributed by atoms with van der Waals surface area (Å²) in [4.78, 5) is 39.8. The van der Waals surface area contributed by atoms with E-state index in [-0.39, 0.29) is 17.1 Å². The molecular formula is C17H15ClN2O4S. The van der Waals surface area contributed by atoms with Crippen LogP contribution in [-0.2, 0) is 14.3 Å². The molecule has 0 saturated carbocycles. The number of carbonyl (C=O) groups excluding carboxylic acids is 3. The van der Waals surface area contributed by atoms with E-state index in [1.165, 1.54) is 30.1 Å². The number of aromatic nitrogens is 1. The van der Waals surface area contributed by atoms with Crippen molar-refractivity contribution in [1.82, 2.24) is 10.3 Å². The van der Waals surface area contributed by atoms with Crippen LogP contribution in [-0.4, -0.2) is 35.1 Å². The Morgan fingerprint density at radius 2 is 1.84 bits per heavy atom. The molecule has 0 saturated heterocycles. The normalized spacial score (nSPS) is 10.1. The van der Waals surface area contributed by atoms with Crippen LogP contribution in [0.4, 0.5) is 0 Å². The summed E-state index contributed by atoms with van der Waals surface area (Å²) in [5.41, 5.74) is 0.169. The van der Waals surface area contributed by atoms with Gasteiger partial charge in [-0.1, -0.05) is 29.8 Å². The largest absolute Gasteiger partial charge is 0.452 e. The maximum atomic E-state index is 11.7. The number of pyridine rings is 1. The van der Waals surface area contributed by atoms with Gasteiger partial charge in [0, 0.05) is 23.3 Å². The van der Waals surface area contributed by atoms with Gasteiger partial charge in [-0.2, -0.15) is 0 Å². The summed E-state index contributed by atoms with van der Waals surface area (Å²) >= 11 is 7.13. The molecule has 0 aliphatic rings. The summed E-state index contributed by atoms with van der Waals surface area (Å²) in [5, 5.41) is 2.42. The lowest BCUT2D eigenvalue weighted by molar-refractivity contribution is -0.132. The van der Waals surface area contributed by atoms with Gasteiger partial charge >= 0.3 is 5.97 Å². The number of rotatable bonds is 7. The first-order valence-corrected chi connectivity index (χ1v) is 8.70. The number of thioether (sulfide) groups is 1. The van der Waals surface area contributed by atoms with Crippen LogP contribution in [0.5, 0.6) is 0 Å². The smallest absolute Gasteiger partial charge is 0.340 e. The average Bonchev–Trinajstić information content (AvgIpc) is 2.61. The van der Waals surface area contributed by atoms with Crippen molar-refractivity contribution in [2.75, 3.05) is 12.4 Å². The summed E-state index contributed by atoms with van der Waals surface area (Å²) < 4.78 is 4.81. The van der Waals surface area contributed by atoms with Crippen LogP contribution >= 0.6 is 23.4 Å². The van der Waals surface area contributed by atoms with Gasteiger partial charge < -0.3 is 4.74 Å². The van der Waals surface area contributed by atoms with Gasteiger partial charge in [-0.15, -0.1) is 11.8 Å². The molecule has 1 aromatic carbocycles. The van der Waals surface area contributed by atoms with E-state index in [4.69, 9.17) is 16.3 Å². The Balaban J connectivity index is 1.66. The third-order valence-electron chi connectivity index (χ3n) is 2.92. The molecule has 1 heterocycles. The second-order valence-electron chi connectivity index (χ2n) is 4.83. The van der Waals surface area contributed by atoms with E-state index in [2.05, 4.69) is 10.3 Å². The first kappa shape index (κ1) is 19.0. The molecule has 6 nitrogen and oxygen atoms in total. The zero-order valence-corrected chi connectivity index (χ0v) is 14.7. The lowest BCUT2D eigenvalue weighted by Crippen LogP contribution is -2.34. The third kappa shape index (κ3) is 6.94. The van der Waals surface area contributed by atoms with Gasteiger partial charge in [-0.3, -0.25) is 14.9 Å². The minimum absolute atomic E-state index is 0.169. The number of nitrogens with one attached hydrogen (secondary N) is 1. The zero-order valence-electron chi connectivity index (χ0n) is 13.1. The molecule has 0 bridgehead atoms. The molecule has 1 N–H and O–H groups in total. The molecule has 0 unspecified atom stereocenters. The van der Waals surface area contributed by atoms with E-state index in [9.17, 15) is 14.4 Å². The minimum Gasteiger partial charge on any atom is -0.452 e. The molecule has 25 heavy (non-hydrogen) atoms. The van der Waals surface area contributed by atoms with E-state index in [0.717, 1.165) is 4.90 Å². The number of carbonyl (C=O) groups is 3. The highest BCUT2D eigenvalue weighted by Crippen LogP contribution is 2.17. The molecule has 0 atom stereocenters. The van der Waals surface area contributed by atoms with E-state index >= 15 is 0 Å². The number of halogens is 1. The monoisotopic (exact) mass is 378 g/mol. The number of amides is 2. The van der Waals surface area contributed by atoms with E-state index < -0.39 is 24.4 Å². The summed E-state index contributed by atoms with van der Waals surface area (Å²) in [7, 11) is 0. The highest BCUT2D eigenvalue weighted by molar-refractivity contribution is 7.99. The average molecular weight is 379 g/mol. The molecule has 2 aromatic rings. The van der Waals surface area contributed by atoms with Crippen LogP contribution in [0.25, 0.3) is 0 Å². The van der Waals surface area contributed by atoms with Gasteiger partial charge in [0.15, 0.2) is 6.61 Å².